The number of guanidine groups is 1. The highest BCUT2D eigenvalue weighted by Crippen LogP contribution is 2.31. The number of nitrogens with two attached hydrogens (primary N) is 1. The van der Waals surface area contributed by atoms with Gasteiger partial charge in [-0.2, -0.15) is 0 Å². The fourth-order valence-corrected chi connectivity index (χ4v) is 2.18. The lowest BCUT2D eigenvalue weighted by Crippen LogP contribution is -2.43. The molecule has 1 aliphatic rings. The van der Waals surface area contributed by atoms with Crippen molar-refractivity contribution in [3.8, 4) is 0 Å². The zero-order valence-electron chi connectivity index (χ0n) is 12.1. The van der Waals surface area contributed by atoms with Crippen molar-refractivity contribution >= 4 is 5.96 Å². The first-order valence-corrected chi connectivity index (χ1v) is 7.20. The number of rotatable bonds is 7. The largest absolute Gasteiger partial charge is 0.388 e. The Labute approximate surface area is 111 Å². The third-order valence-corrected chi connectivity index (χ3v) is 3.64. The van der Waals surface area contributed by atoms with Gasteiger partial charge in [0, 0.05) is 6.04 Å². The van der Waals surface area contributed by atoms with Crippen molar-refractivity contribution in [3.05, 3.63) is 0 Å². The van der Waals surface area contributed by atoms with Gasteiger partial charge in [-0.15, -0.1) is 0 Å². The Morgan fingerprint density at radius 3 is 2.50 bits per heavy atom. The number of hydrogen-bond donors (Lipinski definition) is 3. The Morgan fingerprint density at radius 1 is 1.33 bits per heavy atom. The van der Waals surface area contributed by atoms with Crippen LogP contribution in [0.4, 0.5) is 0 Å². The van der Waals surface area contributed by atoms with Crippen molar-refractivity contribution in [3.63, 3.8) is 0 Å². The molecule has 0 aromatic rings. The van der Waals surface area contributed by atoms with E-state index >= 15 is 0 Å². The first-order valence-electron chi connectivity index (χ1n) is 7.20. The second-order valence-electron chi connectivity index (χ2n) is 6.15. The lowest BCUT2D eigenvalue weighted by atomic mass is 9.80. The topological polar surface area (TPSA) is 70.6 Å². The van der Waals surface area contributed by atoms with Crippen molar-refractivity contribution in [2.75, 3.05) is 6.54 Å². The summed E-state index contributed by atoms with van der Waals surface area (Å²) < 4.78 is 0. The van der Waals surface area contributed by atoms with Crippen LogP contribution in [-0.2, 0) is 0 Å². The van der Waals surface area contributed by atoms with Crippen molar-refractivity contribution in [2.45, 2.75) is 70.9 Å². The van der Waals surface area contributed by atoms with E-state index in [9.17, 15) is 5.11 Å². The maximum absolute atomic E-state index is 9.91. The van der Waals surface area contributed by atoms with E-state index < -0.39 is 5.60 Å². The van der Waals surface area contributed by atoms with E-state index in [1.165, 1.54) is 12.8 Å². The third kappa shape index (κ3) is 5.71. The summed E-state index contributed by atoms with van der Waals surface area (Å²) in [5.74, 6) is 1.23. The number of nitrogens with zero attached hydrogens (tertiary/aromatic N) is 1. The van der Waals surface area contributed by atoms with Crippen LogP contribution in [0.3, 0.4) is 0 Å². The molecular weight excluding hydrogens is 226 g/mol. The average Bonchev–Trinajstić information content (AvgIpc) is 2.23. The molecule has 0 aromatic heterocycles. The van der Waals surface area contributed by atoms with E-state index in [0.717, 1.165) is 31.6 Å². The lowest BCUT2D eigenvalue weighted by molar-refractivity contribution is -0.0235. The van der Waals surface area contributed by atoms with E-state index in [4.69, 9.17) is 5.73 Å². The summed E-state index contributed by atoms with van der Waals surface area (Å²) in [6.07, 6.45) is 6.39. The number of nitrogens with one attached hydrogen (secondary N) is 1. The second-order valence-corrected chi connectivity index (χ2v) is 6.15. The quantitative estimate of drug-likeness (QED) is 0.481. The Balaban J connectivity index is 2.17. The van der Waals surface area contributed by atoms with Gasteiger partial charge in [0.15, 0.2) is 5.96 Å². The Bertz CT molecular complexity index is 272. The number of aliphatic hydroxyl groups is 1. The van der Waals surface area contributed by atoms with Gasteiger partial charge in [0.25, 0.3) is 0 Å². The summed E-state index contributed by atoms with van der Waals surface area (Å²) in [5, 5.41) is 13.1. The summed E-state index contributed by atoms with van der Waals surface area (Å²) in [7, 11) is 0. The SMILES string of the molecule is CC(C)CCCC(C)NC(N)=NCC1(O)CCC1. The first kappa shape index (κ1) is 15.3. The van der Waals surface area contributed by atoms with Gasteiger partial charge in [-0.25, -0.2) is 0 Å². The molecule has 1 aliphatic carbocycles. The van der Waals surface area contributed by atoms with Crippen LogP contribution in [0.15, 0.2) is 4.99 Å². The molecule has 0 spiro atoms. The fourth-order valence-electron chi connectivity index (χ4n) is 2.18. The van der Waals surface area contributed by atoms with Crippen molar-refractivity contribution < 1.29 is 5.11 Å². The summed E-state index contributed by atoms with van der Waals surface area (Å²) in [6.45, 7) is 7.05. The Hall–Kier alpha value is -0.770. The minimum atomic E-state index is -0.576. The summed E-state index contributed by atoms with van der Waals surface area (Å²) in [4.78, 5) is 4.23. The molecule has 0 amide bonds. The van der Waals surface area contributed by atoms with Gasteiger partial charge in [-0.1, -0.05) is 26.7 Å². The van der Waals surface area contributed by atoms with Gasteiger partial charge >= 0.3 is 0 Å². The molecule has 1 atom stereocenters. The summed E-state index contributed by atoms with van der Waals surface area (Å²) >= 11 is 0. The predicted molar refractivity (Wildman–Crippen MR) is 76.6 cm³/mol. The molecule has 106 valence electrons. The minimum Gasteiger partial charge on any atom is -0.388 e. The van der Waals surface area contributed by atoms with Crippen LogP contribution in [0.25, 0.3) is 0 Å². The monoisotopic (exact) mass is 255 g/mol. The minimum absolute atomic E-state index is 0.350. The van der Waals surface area contributed by atoms with E-state index in [1.54, 1.807) is 0 Å². The van der Waals surface area contributed by atoms with Crippen LogP contribution >= 0.6 is 0 Å². The van der Waals surface area contributed by atoms with Gasteiger partial charge in [-0.3, -0.25) is 4.99 Å². The van der Waals surface area contributed by atoms with Crippen LogP contribution in [0, 0.1) is 5.92 Å². The molecule has 0 heterocycles. The predicted octanol–water partition coefficient (Wildman–Crippen LogP) is 2.02. The van der Waals surface area contributed by atoms with Gasteiger partial charge < -0.3 is 16.2 Å². The number of aliphatic imine (C=N–C) groups is 1. The van der Waals surface area contributed by atoms with Crippen molar-refractivity contribution in [1.82, 2.24) is 5.32 Å². The standard InChI is InChI=1S/C14H29N3O/c1-11(2)6-4-7-12(3)17-13(15)16-10-14(18)8-5-9-14/h11-12,18H,4-10H2,1-3H3,(H3,15,16,17). The molecule has 4 heteroatoms. The molecule has 4 N–H and O–H groups in total. The van der Waals surface area contributed by atoms with Crippen molar-refractivity contribution in [2.24, 2.45) is 16.6 Å². The van der Waals surface area contributed by atoms with Gasteiger partial charge in [-0.05, 0) is 38.5 Å². The Kier molecular flexibility index (Phi) is 5.93. The molecule has 18 heavy (non-hydrogen) atoms. The highest BCUT2D eigenvalue weighted by Gasteiger charge is 2.33. The van der Waals surface area contributed by atoms with Gasteiger partial charge in [0.2, 0.25) is 0 Å². The summed E-state index contributed by atoms with van der Waals surface area (Å²) in [5.41, 5.74) is 5.24. The fraction of sp³-hybridized carbons (Fsp3) is 0.929. The molecule has 1 rings (SSSR count). The molecule has 1 fully saturated rings. The lowest BCUT2D eigenvalue weighted by Gasteiger charge is -2.35. The zero-order valence-corrected chi connectivity index (χ0v) is 12.1. The van der Waals surface area contributed by atoms with Crippen molar-refractivity contribution in [1.29, 1.82) is 0 Å². The van der Waals surface area contributed by atoms with Crippen LogP contribution in [0.1, 0.15) is 59.3 Å². The molecule has 0 aromatic carbocycles. The highest BCUT2D eigenvalue weighted by atomic mass is 16.3. The van der Waals surface area contributed by atoms with Crippen LogP contribution in [0.5, 0.6) is 0 Å². The van der Waals surface area contributed by atoms with Crippen LogP contribution in [-0.4, -0.2) is 29.3 Å². The molecule has 4 nitrogen and oxygen atoms in total. The van der Waals surface area contributed by atoms with E-state index in [0.29, 0.717) is 18.5 Å². The zero-order chi connectivity index (χ0) is 13.6. The second kappa shape index (κ2) is 6.98. The maximum atomic E-state index is 9.91. The molecule has 0 bridgehead atoms. The normalized spacial score (nSPS) is 20.6. The van der Waals surface area contributed by atoms with Gasteiger partial charge in [0.1, 0.15) is 0 Å². The molecule has 0 radical (unpaired) electrons. The third-order valence-electron chi connectivity index (χ3n) is 3.64. The molecular formula is C14H29N3O. The summed E-state index contributed by atoms with van der Waals surface area (Å²) in [6, 6.07) is 0.350. The molecule has 0 aliphatic heterocycles. The maximum Gasteiger partial charge on any atom is 0.188 e. The van der Waals surface area contributed by atoms with E-state index in [-0.39, 0.29) is 0 Å². The van der Waals surface area contributed by atoms with E-state index in [2.05, 4.69) is 31.1 Å². The van der Waals surface area contributed by atoms with Crippen LogP contribution < -0.4 is 11.1 Å². The van der Waals surface area contributed by atoms with E-state index in [1.807, 2.05) is 0 Å². The average molecular weight is 255 g/mol. The first-order chi connectivity index (χ1) is 8.41. The highest BCUT2D eigenvalue weighted by molar-refractivity contribution is 5.78. The smallest absolute Gasteiger partial charge is 0.188 e. The molecule has 1 unspecified atom stereocenters. The number of hydrogen-bond acceptors (Lipinski definition) is 2. The molecule has 0 saturated heterocycles. The Morgan fingerprint density at radius 2 is 2.00 bits per heavy atom. The molecule has 1 saturated carbocycles. The van der Waals surface area contributed by atoms with Gasteiger partial charge in [0.05, 0.1) is 12.1 Å². The van der Waals surface area contributed by atoms with Crippen LogP contribution in [0.2, 0.25) is 0 Å².